The van der Waals surface area contributed by atoms with Crippen LogP contribution in [0.15, 0.2) is 194 Å². The fourth-order valence-corrected chi connectivity index (χ4v) is 9.94. The van der Waals surface area contributed by atoms with Gasteiger partial charge in [-0.2, -0.15) is 0 Å². The Bertz CT molecular complexity index is 2040. The molecule has 0 bridgehead atoms. The van der Waals surface area contributed by atoms with Gasteiger partial charge in [0.25, 0.3) is 0 Å². The second-order valence-electron chi connectivity index (χ2n) is 23.9. The molecule has 0 aromatic rings. The van der Waals surface area contributed by atoms with Crippen molar-refractivity contribution in [2.24, 2.45) is 0 Å². The second kappa shape index (κ2) is 78.0. The molecule has 0 aliphatic heterocycles. The number of aliphatic hydroxyl groups excluding tert-OH is 1. The van der Waals surface area contributed by atoms with E-state index in [9.17, 15) is 14.7 Å². The molecule has 0 heterocycles. The molecule has 506 valence electrons. The Hall–Kier alpha value is -5.26. The highest BCUT2D eigenvalue weighted by Gasteiger charge is 2.16. The average molecular weight is 1240 g/mol. The number of carbonyl (C=O) groups is 2. The summed E-state index contributed by atoms with van der Waals surface area (Å²) >= 11 is 0. The summed E-state index contributed by atoms with van der Waals surface area (Å²) in [4.78, 5) is 24.7. The minimum atomic E-state index is -0.800. The molecule has 0 rings (SSSR count). The first kappa shape index (κ1) is 84.7. The molecule has 1 N–H and O–H groups in total. The van der Waals surface area contributed by atoms with Gasteiger partial charge in [0.1, 0.15) is 6.61 Å². The number of ether oxygens (including phenoxy) is 2. The molecule has 0 spiro atoms. The van der Waals surface area contributed by atoms with Gasteiger partial charge < -0.3 is 14.6 Å². The summed E-state index contributed by atoms with van der Waals surface area (Å²) in [5, 5.41) is 9.71. The highest BCUT2D eigenvalue weighted by Crippen LogP contribution is 2.17. The number of aliphatic hydroxyl groups is 1. The van der Waals surface area contributed by atoms with Crippen molar-refractivity contribution in [1.29, 1.82) is 0 Å². The number of carbonyl (C=O) groups excluding carboxylic acids is 2. The molecule has 0 aromatic carbocycles. The Labute approximate surface area is 556 Å². The van der Waals surface area contributed by atoms with E-state index in [1.165, 1.54) is 128 Å². The Balaban J connectivity index is 3.55. The fourth-order valence-electron chi connectivity index (χ4n) is 9.94. The first-order valence-corrected chi connectivity index (χ1v) is 37.0. The van der Waals surface area contributed by atoms with Gasteiger partial charge >= 0.3 is 11.9 Å². The van der Waals surface area contributed by atoms with Crippen LogP contribution in [0.5, 0.6) is 0 Å². The molecule has 0 saturated heterocycles. The van der Waals surface area contributed by atoms with Crippen molar-refractivity contribution in [3.8, 4) is 0 Å². The van der Waals surface area contributed by atoms with Crippen LogP contribution in [0.2, 0.25) is 0 Å². The van der Waals surface area contributed by atoms with Crippen molar-refractivity contribution in [3.63, 3.8) is 0 Å². The minimum Gasteiger partial charge on any atom is -0.462 e. The van der Waals surface area contributed by atoms with Gasteiger partial charge in [0.15, 0.2) is 6.10 Å². The van der Waals surface area contributed by atoms with Crippen LogP contribution in [0, 0.1) is 0 Å². The van der Waals surface area contributed by atoms with Crippen molar-refractivity contribution < 1.29 is 24.2 Å². The molecule has 0 saturated carbocycles. The summed E-state index contributed by atoms with van der Waals surface area (Å²) in [7, 11) is 0. The molecule has 1 unspecified atom stereocenters. The lowest BCUT2D eigenvalue weighted by molar-refractivity contribution is -0.161. The second-order valence-corrected chi connectivity index (χ2v) is 23.9. The lowest BCUT2D eigenvalue weighted by Crippen LogP contribution is -2.28. The number of allylic oxidation sites excluding steroid dienone is 32. The van der Waals surface area contributed by atoms with Crippen LogP contribution in [-0.2, 0) is 19.1 Å². The third-order valence-electron chi connectivity index (χ3n) is 15.4. The van der Waals surface area contributed by atoms with Gasteiger partial charge in [0.2, 0.25) is 0 Å². The summed E-state index contributed by atoms with van der Waals surface area (Å²) in [6, 6.07) is 0. The third-order valence-corrected chi connectivity index (χ3v) is 15.4. The normalized spacial score (nSPS) is 13.4. The van der Waals surface area contributed by atoms with Gasteiger partial charge in [-0.15, -0.1) is 0 Å². The largest absolute Gasteiger partial charge is 0.462 e. The predicted octanol–water partition coefficient (Wildman–Crippen LogP) is 26.3. The van der Waals surface area contributed by atoms with E-state index in [1.807, 2.05) is 0 Å². The standard InChI is InChI=1S/C85H136O5/c1-3-5-7-9-11-13-15-17-19-21-23-25-27-29-31-33-35-37-39-40-41-42-43-44-46-47-49-51-53-55-57-59-61-63-65-67-69-71-73-75-77-79-84(87)89-82-83(81-86)90-85(88)80-78-76-74-72-70-68-66-64-62-60-58-56-54-52-50-48-45-38-36-34-32-30-28-26-24-22-20-18-16-14-12-10-8-6-4-2/h5-8,11-14,17-20,23-26,29-32,35-38,48,50,54,56,60,62,66,68,83,86H,3-4,9-10,15-16,21-22,27-28,33-34,39-47,49,51-53,55,57-59,61,63-65,67,69-82H2,1-2H3/b7-5-,8-6-,13-11-,14-12-,19-17-,20-18-,25-23-,26-24-,31-29-,32-30-,37-35-,38-36-,50-48-,56-54-,62-60-,68-66-. The summed E-state index contributed by atoms with van der Waals surface area (Å²) in [6.45, 7) is 3.90. The summed E-state index contributed by atoms with van der Waals surface area (Å²) in [5.41, 5.74) is 0. The minimum absolute atomic E-state index is 0.0848. The van der Waals surface area contributed by atoms with E-state index >= 15 is 0 Å². The van der Waals surface area contributed by atoms with E-state index in [1.54, 1.807) is 0 Å². The number of hydrogen-bond acceptors (Lipinski definition) is 5. The van der Waals surface area contributed by atoms with E-state index < -0.39 is 6.10 Å². The monoisotopic (exact) mass is 1240 g/mol. The summed E-state index contributed by atoms with van der Waals surface area (Å²) in [5.74, 6) is -0.622. The van der Waals surface area contributed by atoms with Crippen LogP contribution in [0.1, 0.15) is 309 Å². The van der Waals surface area contributed by atoms with Crippen LogP contribution in [0.4, 0.5) is 0 Å². The summed E-state index contributed by atoms with van der Waals surface area (Å²) in [6.07, 6.45) is 123. The first-order chi connectivity index (χ1) is 44.6. The SMILES string of the molecule is CC/C=C\C/C=C\C/C=C\C/C=C\C/C=C\C/C=C\C/C=C\C/C=C\C/C=C\C/C=C\CCCCCCC(=O)OC(CO)COC(=O)CCCCCCCCCCCCCCCCCCCCCCCC/C=C\C/C=C\C/C=C\C/C=C\C/C=C\C/C=C\CC. The Morgan fingerprint density at radius 3 is 0.667 bits per heavy atom. The maximum Gasteiger partial charge on any atom is 0.306 e. The number of esters is 2. The van der Waals surface area contributed by atoms with Gasteiger partial charge in [-0.25, -0.2) is 0 Å². The van der Waals surface area contributed by atoms with Gasteiger partial charge in [-0.05, 0) is 141 Å². The topological polar surface area (TPSA) is 72.8 Å². The molecular weight excluding hydrogens is 1100 g/mol. The van der Waals surface area contributed by atoms with E-state index in [-0.39, 0.29) is 25.2 Å². The maximum absolute atomic E-state index is 12.4. The van der Waals surface area contributed by atoms with Crippen molar-refractivity contribution in [3.05, 3.63) is 194 Å². The zero-order valence-electron chi connectivity index (χ0n) is 58.1. The van der Waals surface area contributed by atoms with Crippen LogP contribution in [-0.4, -0.2) is 36.4 Å². The first-order valence-electron chi connectivity index (χ1n) is 37.0. The number of hydrogen-bond donors (Lipinski definition) is 1. The Morgan fingerprint density at radius 1 is 0.256 bits per heavy atom. The van der Waals surface area contributed by atoms with Crippen molar-refractivity contribution in [2.45, 2.75) is 315 Å². The summed E-state index contributed by atoms with van der Waals surface area (Å²) < 4.78 is 10.7. The molecule has 0 aliphatic carbocycles. The smallest absolute Gasteiger partial charge is 0.306 e. The molecule has 5 heteroatoms. The average Bonchev–Trinajstić information content (AvgIpc) is 3.58. The van der Waals surface area contributed by atoms with Crippen LogP contribution >= 0.6 is 0 Å². The predicted molar refractivity (Wildman–Crippen MR) is 398 cm³/mol. The van der Waals surface area contributed by atoms with Crippen molar-refractivity contribution in [2.75, 3.05) is 13.2 Å². The quantitative estimate of drug-likeness (QED) is 0.0373. The molecule has 0 aromatic heterocycles. The van der Waals surface area contributed by atoms with E-state index in [0.29, 0.717) is 12.8 Å². The van der Waals surface area contributed by atoms with Crippen molar-refractivity contribution in [1.82, 2.24) is 0 Å². The third kappa shape index (κ3) is 75.2. The van der Waals surface area contributed by atoms with Crippen LogP contribution < -0.4 is 0 Å². The molecular formula is C85H136O5. The molecule has 5 nitrogen and oxygen atoms in total. The molecule has 0 amide bonds. The Kier molecular flexibility index (Phi) is 73.4. The van der Waals surface area contributed by atoms with Gasteiger partial charge in [0.05, 0.1) is 6.61 Å². The number of rotatable bonds is 66. The van der Waals surface area contributed by atoms with Crippen LogP contribution in [0.3, 0.4) is 0 Å². The highest BCUT2D eigenvalue weighted by atomic mass is 16.6. The van der Waals surface area contributed by atoms with Crippen LogP contribution in [0.25, 0.3) is 0 Å². The van der Waals surface area contributed by atoms with Gasteiger partial charge in [-0.3, -0.25) is 9.59 Å². The van der Waals surface area contributed by atoms with E-state index in [4.69, 9.17) is 9.47 Å². The molecule has 90 heavy (non-hydrogen) atoms. The Morgan fingerprint density at radius 2 is 0.444 bits per heavy atom. The highest BCUT2D eigenvalue weighted by molar-refractivity contribution is 5.70. The zero-order chi connectivity index (χ0) is 64.7. The molecule has 0 fully saturated rings. The zero-order valence-corrected chi connectivity index (χ0v) is 58.1. The molecule has 0 radical (unpaired) electrons. The lowest BCUT2D eigenvalue weighted by atomic mass is 10.0. The van der Waals surface area contributed by atoms with E-state index in [0.717, 1.165) is 154 Å². The van der Waals surface area contributed by atoms with Crippen molar-refractivity contribution >= 4 is 11.9 Å². The molecule has 0 aliphatic rings. The molecule has 1 atom stereocenters. The number of unbranched alkanes of at least 4 members (excludes halogenated alkanes) is 26. The fraction of sp³-hybridized carbons (Fsp3) is 0.600. The van der Waals surface area contributed by atoms with E-state index in [2.05, 4.69) is 208 Å². The maximum atomic E-state index is 12.4. The van der Waals surface area contributed by atoms with Gasteiger partial charge in [-0.1, -0.05) is 350 Å². The lowest BCUT2D eigenvalue weighted by Gasteiger charge is -2.15. The van der Waals surface area contributed by atoms with Gasteiger partial charge in [0, 0.05) is 12.8 Å².